The molecule has 322 valence electrons. The summed E-state index contributed by atoms with van der Waals surface area (Å²) in [6.45, 7) is 0. The Morgan fingerprint density at radius 3 is 1.23 bits per heavy atom. The van der Waals surface area contributed by atoms with Gasteiger partial charge in [-0.05, 0) is 151 Å². The van der Waals surface area contributed by atoms with Crippen LogP contribution in [-0.4, -0.2) is 4.57 Å². The highest BCUT2D eigenvalue weighted by Crippen LogP contribution is 2.43. The van der Waals surface area contributed by atoms with Crippen molar-refractivity contribution in [2.45, 2.75) is 0 Å². The maximum atomic E-state index is 6.29. The summed E-state index contributed by atoms with van der Waals surface area (Å²) >= 11 is 0. The van der Waals surface area contributed by atoms with E-state index in [0.29, 0.717) is 0 Å². The van der Waals surface area contributed by atoms with Gasteiger partial charge in [0.2, 0.25) is 0 Å². The first-order chi connectivity index (χ1) is 34.2. The van der Waals surface area contributed by atoms with E-state index in [4.69, 9.17) is 4.42 Å². The van der Waals surface area contributed by atoms with E-state index in [0.717, 1.165) is 61.4 Å². The van der Waals surface area contributed by atoms with Crippen LogP contribution in [0.15, 0.2) is 259 Å². The molecule has 0 radical (unpaired) electrons. The van der Waals surface area contributed by atoms with Crippen molar-refractivity contribution in [3.63, 3.8) is 0 Å². The van der Waals surface area contributed by atoms with E-state index in [-0.39, 0.29) is 0 Å². The number of benzene rings is 12. The number of aromatic nitrogens is 1. The van der Waals surface area contributed by atoms with Crippen LogP contribution >= 0.6 is 0 Å². The molecule has 0 aliphatic carbocycles. The van der Waals surface area contributed by atoms with Crippen LogP contribution in [0, 0.1) is 0 Å². The molecular formula is C66H42N2O. The summed E-state index contributed by atoms with van der Waals surface area (Å²) in [6, 6.07) is 92.5. The zero-order chi connectivity index (χ0) is 45.4. The Hall–Kier alpha value is -9.18. The molecule has 0 N–H and O–H groups in total. The van der Waals surface area contributed by atoms with E-state index in [1.807, 2.05) is 12.1 Å². The largest absolute Gasteiger partial charge is 0.456 e. The molecule has 69 heavy (non-hydrogen) atoms. The van der Waals surface area contributed by atoms with E-state index >= 15 is 0 Å². The van der Waals surface area contributed by atoms with E-state index in [1.165, 1.54) is 70.8 Å². The third kappa shape index (κ3) is 6.43. The van der Waals surface area contributed by atoms with Gasteiger partial charge in [-0.25, -0.2) is 0 Å². The minimum Gasteiger partial charge on any atom is -0.456 e. The molecule has 0 unspecified atom stereocenters. The van der Waals surface area contributed by atoms with E-state index in [2.05, 4.69) is 252 Å². The highest BCUT2D eigenvalue weighted by Gasteiger charge is 2.18. The maximum Gasteiger partial charge on any atom is 0.136 e. The minimum atomic E-state index is 0.898. The Labute approximate surface area is 399 Å². The number of rotatable bonds is 7. The summed E-state index contributed by atoms with van der Waals surface area (Å²) in [5, 5.41) is 12.4. The quantitative estimate of drug-likeness (QED) is 0.149. The average molecular weight is 879 g/mol. The van der Waals surface area contributed by atoms with Crippen molar-refractivity contribution in [2.24, 2.45) is 0 Å². The Morgan fingerprint density at radius 2 is 0.652 bits per heavy atom. The number of anilines is 3. The predicted octanol–water partition coefficient (Wildman–Crippen LogP) is 18.6. The van der Waals surface area contributed by atoms with Gasteiger partial charge in [0, 0.05) is 44.3 Å². The zero-order valence-corrected chi connectivity index (χ0v) is 37.6. The fraction of sp³-hybridized carbons (Fsp3) is 0. The van der Waals surface area contributed by atoms with Crippen LogP contribution in [0.4, 0.5) is 17.1 Å². The Morgan fingerprint density at radius 1 is 0.246 bits per heavy atom. The van der Waals surface area contributed by atoms with Crippen LogP contribution in [-0.2, 0) is 0 Å². The summed E-state index contributed by atoms with van der Waals surface area (Å²) in [5.74, 6) is 0. The third-order valence-electron chi connectivity index (χ3n) is 14.2. The van der Waals surface area contributed by atoms with Gasteiger partial charge in [0.25, 0.3) is 0 Å². The molecule has 0 saturated carbocycles. The van der Waals surface area contributed by atoms with Gasteiger partial charge in [0.1, 0.15) is 11.2 Å². The molecule has 3 heteroatoms. The molecule has 2 aromatic heterocycles. The molecule has 3 nitrogen and oxygen atoms in total. The maximum absolute atomic E-state index is 6.29. The minimum absolute atomic E-state index is 0.898. The average Bonchev–Trinajstić information content (AvgIpc) is 3.97. The molecule has 0 aliphatic rings. The Kier molecular flexibility index (Phi) is 8.90. The van der Waals surface area contributed by atoms with Crippen LogP contribution in [0.25, 0.3) is 115 Å². The monoisotopic (exact) mass is 878 g/mol. The lowest BCUT2D eigenvalue weighted by Crippen LogP contribution is -2.10. The van der Waals surface area contributed by atoms with Crippen molar-refractivity contribution in [3.8, 4) is 39.1 Å². The van der Waals surface area contributed by atoms with Gasteiger partial charge in [0.05, 0.1) is 11.0 Å². The van der Waals surface area contributed by atoms with Crippen LogP contribution in [0.1, 0.15) is 0 Å². The third-order valence-corrected chi connectivity index (χ3v) is 14.2. The topological polar surface area (TPSA) is 21.3 Å². The zero-order valence-electron chi connectivity index (χ0n) is 37.6. The van der Waals surface area contributed by atoms with Crippen LogP contribution in [0.5, 0.6) is 0 Å². The fourth-order valence-electron chi connectivity index (χ4n) is 10.9. The molecule has 14 rings (SSSR count). The molecule has 0 bridgehead atoms. The number of hydrogen-bond donors (Lipinski definition) is 0. The van der Waals surface area contributed by atoms with Gasteiger partial charge in [0.15, 0.2) is 0 Å². The number of hydrogen-bond acceptors (Lipinski definition) is 2. The van der Waals surface area contributed by atoms with Crippen LogP contribution in [0.3, 0.4) is 0 Å². The summed E-state index contributed by atoms with van der Waals surface area (Å²) in [5.41, 5.74) is 15.6. The summed E-state index contributed by atoms with van der Waals surface area (Å²) in [4.78, 5) is 2.38. The van der Waals surface area contributed by atoms with Crippen molar-refractivity contribution in [3.05, 3.63) is 255 Å². The summed E-state index contributed by atoms with van der Waals surface area (Å²) < 4.78 is 8.66. The fourth-order valence-corrected chi connectivity index (χ4v) is 10.9. The van der Waals surface area contributed by atoms with Crippen LogP contribution in [0.2, 0.25) is 0 Å². The lowest BCUT2D eigenvalue weighted by atomic mass is 9.94. The highest BCUT2D eigenvalue weighted by molar-refractivity contribution is 6.26. The summed E-state index contributed by atoms with van der Waals surface area (Å²) in [7, 11) is 0. The molecular weight excluding hydrogens is 837 g/mol. The molecule has 0 aliphatic heterocycles. The molecule has 14 aromatic rings. The summed E-state index contributed by atoms with van der Waals surface area (Å²) in [6.07, 6.45) is 0. The highest BCUT2D eigenvalue weighted by atomic mass is 16.3. The van der Waals surface area contributed by atoms with Crippen molar-refractivity contribution >= 4 is 93.1 Å². The van der Waals surface area contributed by atoms with Crippen molar-refractivity contribution < 1.29 is 4.42 Å². The molecule has 0 fully saturated rings. The first kappa shape index (κ1) is 39.0. The Balaban J connectivity index is 0.834. The number of nitrogens with zero attached hydrogens (tertiary/aromatic N) is 2. The second-order valence-electron chi connectivity index (χ2n) is 18.1. The van der Waals surface area contributed by atoms with Crippen molar-refractivity contribution in [1.82, 2.24) is 4.57 Å². The van der Waals surface area contributed by atoms with Gasteiger partial charge in [-0.1, -0.05) is 170 Å². The van der Waals surface area contributed by atoms with E-state index in [1.54, 1.807) is 0 Å². The molecule has 0 amide bonds. The molecule has 12 aromatic carbocycles. The van der Waals surface area contributed by atoms with Gasteiger partial charge in [-0.3, -0.25) is 0 Å². The smallest absolute Gasteiger partial charge is 0.136 e. The van der Waals surface area contributed by atoms with Crippen molar-refractivity contribution in [1.29, 1.82) is 0 Å². The molecule has 0 saturated heterocycles. The SMILES string of the molecule is c1cc(-c2ccc(N(c3ccc(-c4ccc5c(c4)oc4ccccc45)cc3)c3ccc4c5ccccc5c5ccccc5c4c3)cc2)cc(-c2ccc(-n3c4ccccc4c4ccccc43)cc2)c1. The van der Waals surface area contributed by atoms with Crippen molar-refractivity contribution in [2.75, 3.05) is 4.90 Å². The molecule has 2 heterocycles. The van der Waals surface area contributed by atoms with Gasteiger partial charge < -0.3 is 13.9 Å². The van der Waals surface area contributed by atoms with Gasteiger partial charge >= 0.3 is 0 Å². The second kappa shape index (κ2) is 15.7. The standard InChI is InChI=1S/C66H42N2O/c1-2-16-55-53(14-1)54-15-3-4-17-56(54)62-42-52(37-39-57(55)62)67(50-33-26-45(27-34-50)48-30-38-61-60-20-7-10-23-65(60)69-66(61)41-48)49-31-24-43(25-32-49)46-12-11-13-47(40-46)44-28-35-51(36-29-44)68-63-21-8-5-18-58(63)59-19-6-9-22-64(59)68/h1-42H. The normalized spacial score (nSPS) is 11.8. The van der Waals surface area contributed by atoms with Gasteiger partial charge in [-0.2, -0.15) is 0 Å². The molecule has 0 spiro atoms. The lowest BCUT2D eigenvalue weighted by molar-refractivity contribution is 0.669. The Bertz CT molecular complexity index is 4200. The molecule has 0 atom stereocenters. The van der Waals surface area contributed by atoms with E-state index in [9.17, 15) is 0 Å². The number of fused-ring (bicyclic) bond motifs is 12. The second-order valence-corrected chi connectivity index (χ2v) is 18.1. The lowest BCUT2D eigenvalue weighted by Gasteiger charge is -2.27. The van der Waals surface area contributed by atoms with Gasteiger partial charge in [-0.15, -0.1) is 0 Å². The number of furan rings is 1. The first-order valence-electron chi connectivity index (χ1n) is 23.6. The van der Waals surface area contributed by atoms with E-state index < -0.39 is 0 Å². The van der Waals surface area contributed by atoms with Crippen LogP contribution < -0.4 is 4.90 Å². The number of para-hydroxylation sites is 3. The first-order valence-corrected chi connectivity index (χ1v) is 23.6. The predicted molar refractivity (Wildman–Crippen MR) is 292 cm³/mol.